The van der Waals surface area contributed by atoms with Crippen LogP contribution in [0.1, 0.15) is 18.4 Å². The van der Waals surface area contributed by atoms with Crippen LogP contribution in [0.4, 0.5) is 15.9 Å². The van der Waals surface area contributed by atoms with Gasteiger partial charge in [0.25, 0.3) is 5.88 Å². The monoisotopic (exact) mass is 406 g/mol. The van der Waals surface area contributed by atoms with Crippen LogP contribution in [0.25, 0.3) is 0 Å². The molecule has 1 aliphatic rings. The van der Waals surface area contributed by atoms with Crippen molar-refractivity contribution in [2.45, 2.75) is 19.8 Å². The third-order valence-electron chi connectivity index (χ3n) is 5.16. The second kappa shape index (κ2) is 8.90. The molecule has 6 nitrogen and oxygen atoms in total. The average molecular weight is 406 g/mol. The molecule has 3 aromatic rings. The number of nitrogens with zero attached hydrogens (tertiary/aromatic N) is 3. The van der Waals surface area contributed by atoms with Gasteiger partial charge in [0.15, 0.2) is 5.82 Å². The van der Waals surface area contributed by atoms with Crippen LogP contribution in [-0.4, -0.2) is 29.0 Å². The quantitative estimate of drug-likeness (QED) is 0.672. The number of carbonyl (C=O) groups excluding carboxylic acids is 1. The van der Waals surface area contributed by atoms with Crippen molar-refractivity contribution in [3.8, 4) is 11.6 Å². The number of piperidine rings is 1. The molecule has 0 atom stereocenters. The Kier molecular flexibility index (Phi) is 5.88. The second-order valence-electron chi connectivity index (χ2n) is 7.36. The first-order chi connectivity index (χ1) is 14.6. The van der Waals surface area contributed by atoms with Gasteiger partial charge in [0, 0.05) is 37.1 Å². The van der Waals surface area contributed by atoms with Gasteiger partial charge in [-0.1, -0.05) is 17.7 Å². The predicted octanol–water partition coefficient (Wildman–Crippen LogP) is 4.57. The molecule has 1 fully saturated rings. The van der Waals surface area contributed by atoms with E-state index >= 15 is 0 Å². The van der Waals surface area contributed by atoms with Gasteiger partial charge >= 0.3 is 0 Å². The SMILES string of the molecule is Cc1ccc(Oc2nccnc2N2CCC(C(=O)Nc3ccc(F)cc3)CC2)cc1. The van der Waals surface area contributed by atoms with Crippen molar-refractivity contribution < 1.29 is 13.9 Å². The van der Waals surface area contributed by atoms with Gasteiger partial charge < -0.3 is 15.0 Å². The lowest BCUT2D eigenvalue weighted by molar-refractivity contribution is -0.120. The Bertz CT molecular complexity index is 1000. The van der Waals surface area contributed by atoms with Gasteiger partial charge in [-0.3, -0.25) is 4.79 Å². The molecule has 0 unspecified atom stereocenters. The van der Waals surface area contributed by atoms with Crippen molar-refractivity contribution in [2.75, 3.05) is 23.3 Å². The number of nitrogens with one attached hydrogen (secondary N) is 1. The molecule has 2 aromatic carbocycles. The third kappa shape index (κ3) is 4.74. The standard InChI is InChI=1S/C23H23FN4O2/c1-16-2-8-20(9-3-16)30-23-21(25-12-13-26-23)28-14-10-17(11-15-28)22(29)27-19-6-4-18(24)5-7-19/h2-9,12-13,17H,10-11,14-15H2,1H3,(H,27,29). The minimum absolute atomic E-state index is 0.0449. The molecule has 0 bridgehead atoms. The Balaban J connectivity index is 1.38. The van der Waals surface area contributed by atoms with Crippen LogP contribution in [0, 0.1) is 18.7 Å². The average Bonchev–Trinajstić information content (AvgIpc) is 2.77. The summed E-state index contributed by atoms with van der Waals surface area (Å²) in [7, 11) is 0. The Labute approximate surface area is 174 Å². The summed E-state index contributed by atoms with van der Waals surface area (Å²) in [5, 5.41) is 2.87. The molecule has 2 heterocycles. The van der Waals surface area contributed by atoms with E-state index in [4.69, 9.17) is 4.74 Å². The molecule has 4 rings (SSSR count). The largest absolute Gasteiger partial charge is 0.436 e. The molecule has 1 amide bonds. The number of ether oxygens (including phenoxy) is 1. The molecule has 0 saturated carbocycles. The van der Waals surface area contributed by atoms with Crippen LogP contribution in [-0.2, 0) is 4.79 Å². The van der Waals surface area contributed by atoms with Gasteiger partial charge in [0.05, 0.1) is 0 Å². The van der Waals surface area contributed by atoms with Gasteiger partial charge in [-0.25, -0.2) is 14.4 Å². The van der Waals surface area contributed by atoms with Crippen molar-refractivity contribution in [1.29, 1.82) is 0 Å². The third-order valence-corrected chi connectivity index (χ3v) is 5.16. The second-order valence-corrected chi connectivity index (χ2v) is 7.36. The predicted molar refractivity (Wildman–Crippen MR) is 113 cm³/mol. The zero-order valence-electron chi connectivity index (χ0n) is 16.7. The van der Waals surface area contributed by atoms with Crippen molar-refractivity contribution in [3.05, 3.63) is 72.3 Å². The van der Waals surface area contributed by atoms with Crippen LogP contribution in [0.2, 0.25) is 0 Å². The van der Waals surface area contributed by atoms with Gasteiger partial charge in [-0.15, -0.1) is 0 Å². The van der Waals surface area contributed by atoms with E-state index in [0.29, 0.717) is 49.1 Å². The fourth-order valence-electron chi connectivity index (χ4n) is 3.46. The summed E-state index contributed by atoms with van der Waals surface area (Å²) in [6.45, 7) is 3.36. The molecule has 154 valence electrons. The summed E-state index contributed by atoms with van der Waals surface area (Å²) >= 11 is 0. The molecule has 1 saturated heterocycles. The molecule has 0 aliphatic carbocycles. The molecular weight excluding hydrogens is 383 g/mol. The molecule has 1 N–H and O–H groups in total. The lowest BCUT2D eigenvalue weighted by atomic mass is 9.96. The Morgan fingerprint density at radius 2 is 1.70 bits per heavy atom. The summed E-state index contributed by atoms with van der Waals surface area (Å²) in [5.41, 5.74) is 1.76. The highest BCUT2D eigenvalue weighted by Crippen LogP contribution is 2.31. The molecule has 0 spiro atoms. The molecule has 7 heteroatoms. The number of hydrogen-bond donors (Lipinski definition) is 1. The van der Waals surface area contributed by atoms with E-state index in [2.05, 4.69) is 20.2 Å². The molecule has 0 radical (unpaired) electrons. The summed E-state index contributed by atoms with van der Waals surface area (Å²) in [6, 6.07) is 13.6. The van der Waals surface area contributed by atoms with Crippen molar-refractivity contribution >= 4 is 17.4 Å². The van der Waals surface area contributed by atoms with E-state index in [9.17, 15) is 9.18 Å². The molecular formula is C23H23FN4O2. The fraction of sp³-hybridized carbons (Fsp3) is 0.261. The maximum absolute atomic E-state index is 13.0. The number of aromatic nitrogens is 2. The number of halogens is 1. The van der Waals surface area contributed by atoms with Gasteiger partial charge in [-0.2, -0.15) is 0 Å². The summed E-state index contributed by atoms with van der Waals surface area (Å²) in [5.74, 6) is 1.36. The van der Waals surface area contributed by atoms with Crippen molar-refractivity contribution in [2.24, 2.45) is 5.92 Å². The van der Waals surface area contributed by atoms with E-state index in [1.54, 1.807) is 24.5 Å². The van der Waals surface area contributed by atoms with Crippen LogP contribution in [0.5, 0.6) is 11.6 Å². The Morgan fingerprint density at radius 3 is 2.40 bits per heavy atom. The smallest absolute Gasteiger partial charge is 0.263 e. The van der Waals surface area contributed by atoms with E-state index in [1.807, 2.05) is 31.2 Å². The number of hydrogen-bond acceptors (Lipinski definition) is 5. The molecule has 30 heavy (non-hydrogen) atoms. The summed E-state index contributed by atoms with van der Waals surface area (Å²) < 4.78 is 19.0. The zero-order valence-corrected chi connectivity index (χ0v) is 16.7. The van der Waals surface area contributed by atoms with Gasteiger partial charge in [-0.05, 0) is 56.2 Å². The highest BCUT2D eigenvalue weighted by atomic mass is 19.1. The number of rotatable bonds is 5. The summed E-state index contributed by atoms with van der Waals surface area (Å²) in [6.07, 6.45) is 4.63. The number of carbonyl (C=O) groups is 1. The zero-order chi connectivity index (χ0) is 20.9. The van der Waals surface area contributed by atoms with E-state index in [0.717, 1.165) is 5.56 Å². The minimum atomic E-state index is -0.325. The maximum Gasteiger partial charge on any atom is 0.263 e. The first kappa shape index (κ1) is 19.8. The van der Waals surface area contributed by atoms with Crippen LogP contribution in [0.3, 0.4) is 0 Å². The molecule has 1 aromatic heterocycles. The normalized spacial score (nSPS) is 14.4. The summed E-state index contributed by atoms with van der Waals surface area (Å²) in [4.78, 5) is 23.5. The number of aryl methyl sites for hydroxylation is 1. The van der Waals surface area contributed by atoms with E-state index in [-0.39, 0.29) is 17.6 Å². The lowest BCUT2D eigenvalue weighted by Crippen LogP contribution is -2.38. The number of amides is 1. The maximum atomic E-state index is 13.0. The molecule has 1 aliphatic heterocycles. The first-order valence-corrected chi connectivity index (χ1v) is 9.95. The van der Waals surface area contributed by atoms with E-state index in [1.165, 1.54) is 12.1 Å². The van der Waals surface area contributed by atoms with Crippen LogP contribution < -0.4 is 15.0 Å². The van der Waals surface area contributed by atoms with Crippen molar-refractivity contribution in [3.63, 3.8) is 0 Å². The van der Waals surface area contributed by atoms with Crippen LogP contribution >= 0.6 is 0 Å². The lowest BCUT2D eigenvalue weighted by Gasteiger charge is -2.32. The highest BCUT2D eigenvalue weighted by molar-refractivity contribution is 5.92. The van der Waals surface area contributed by atoms with Gasteiger partial charge in [0.1, 0.15) is 11.6 Å². The first-order valence-electron chi connectivity index (χ1n) is 9.95. The van der Waals surface area contributed by atoms with E-state index < -0.39 is 0 Å². The van der Waals surface area contributed by atoms with Crippen molar-refractivity contribution in [1.82, 2.24) is 9.97 Å². The Morgan fingerprint density at radius 1 is 1.03 bits per heavy atom. The number of benzene rings is 2. The highest BCUT2D eigenvalue weighted by Gasteiger charge is 2.27. The topological polar surface area (TPSA) is 67.4 Å². The minimum Gasteiger partial charge on any atom is -0.436 e. The van der Waals surface area contributed by atoms with Gasteiger partial charge in [0.2, 0.25) is 5.91 Å². The van der Waals surface area contributed by atoms with Crippen LogP contribution in [0.15, 0.2) is 60.9 Å². The number of anilines is 2. The fourth-order valence-corrected chi connectivity index (χ4v) is 3.46. The Hall–Kier alpha value is -3.48.